The Morgan fingerprint density at radius 2 is 2.21 bits per heavy atom. The van der Waals surface area contributed by atoms with Crippen LogP contribution in [-0.2, 0) is 4.79 Å². The molecular weight excluding hydrogens is 244 g/mol. The molecule has 74 valence electrons. The molecular formula is C11H11BrO2. The van der Waals surface area contributed by atoms with Crippen molar-refractivity contribution in [3.8, 4) is 5.75 Å². The molecule has 1 aromatic carbocycles. The second-order valence-electron chi connectivity index (χ2n) is 3.56. The van der Waals surface area contributed by atoms with Crippen LogP contribution in [0.1, 0.15) is 31.2 Å². The zero-order chi connectivity index (χ0) is 10.1. The Morgan fingerprint density at radius 1 is 1.50 bits per heavy atom. The molecule has 1 aromatic rings. The molecule has 2 rings (SSSR count). The van der Waals surface area contributed by atoms with Crippen molar-refractivity contribution < 1.29 is 9.53 Å². The summed E-state index contributed by atoms with van der Waals surface area (Å²) in [5.74, 6) is 1.03. The lowest BCUT2D eigenvalue weighted by Crippen LogP contribution is -2.02. The second-order valence-corrected chi connectivity index (χ2v) is 4.41. The molecule has 0 saturated heterocycles. The van der Waals surface area contributed by atoms with Crippen LogP contribution in [0.2, 0.25) is 0 Å². The van der Waals surface area contributed by atoms with Gasteiger partial charge in [0.2, 0.25) is 0 Å². The van der Waals surface area contributed by atoms with E-state index >= 15 is 0 Å². The van der Waals surface area contributed by atoms with E-state index in [1.807, 2.05) is 12.1 Å². The smallest absolute Gasteiger partial charge is 0.308 e. The zero-order valence-corrected chi connectivity index (χ0v) is 9.50. The fourth-order valence-corrected chi connectivity index (χ4v) is 1.75. The van der Waals surface area contributed by atoms with Gasteiger partial charge in [-0.05, 0) is 52.4 Å². The maximum absolute atomic E-state index is 10.8. The first kappa shape index (κ1) is 9.71. The lowest BCUT2D eigenvalue weighted by Gasteiger charge is -2.06. The molecule has 0 aromatic heterocycles. The van der Waals surface area contributed by atoms with E-state index in [1.54, 1.807) is 0 Å². The van der Waals surface area contributed by atoms with Gasteiger partial charge in [-0.3, -0.25) is 4.79 Å². The number of benzene rings is 1. The zero-order valence-electron chi connectivity index (χ0n) is 7.92. The number of carbonyl (C=O) groups excluding carboxylic acids is 1. The third kappa shape index (κ3) is 2.15. The summed E-state index contributed by atoms with van der Waals surface area (Å²) in [5.41, 5.74) is 1.27. The third-order valence-corrected chi connectivity index (χ3v) is 2.91. The molecule has 0 spiro atoms. The summed E-state index contributed by atoms with van der Waals surface area (Å²) in [6.45, 7) is 1.41. The van der Waals surface area contributed by atoms with Gasteiger partial charge in [-0.2, -0.15) is 0 Å². The van der Waals surface area contributed by atoms with E-state index in [9.17, 15) is 4.79 Å². The van der Waals surface area contributed by atoms with E-state index in [4.69, 9.17) is 4.74 Å². The number of halogens is 1. The molecule has 0 N–H and O–H groups in total. The van der Waals surface area contributed by atoms with E-state index in [1.165, 1.54) is 25.3 Å². The summed E-state index contributed by atoms with van der Waals surface area (Å²) < 4.78 is 5.91. The van der Waals surface area contributed by atoms with Crippen LogP contribution in [0.15, 0.2) is 22.7 Å². The predicted octanol–water partition coefficient (Wildman–Crippen LogP) is 3.25. The normalized spacial score (nSPS) is 15.3. The van der Waals surface area contributed by atoms with Gasteiger partial charge in [0, 0.05) is 6.92 Å². The van der Waals surface area contributed by atoms with E-state index in [-0.39, 0.29) is 5.97 Å². The average molecular weight is 255 g/mol. The van der Waals surface area contributed by atoms with E-state index in [0.29, 0.717) is 11.7 Å². The number of carbonyl (C=O) groups is 1. The number of hydrogen-bond acceptors (Lipinski definition) is 2. The molecule has 0 bridgehead atoms. The monoisotopic (exact) mass is 254 g/mol. The highest BCUT2D eigenvalue weighted by Crippen LogP contribution is 2.42. The van der Waals surface area contributed by atoms with Crippen molar-refractivity contribution in [2.24, 2.45) is 0 Å². The Labute approximate surface area is 91.4 Å². The summed E-state index contributed by atoms with van der Waals surface area (Å²) in [6, 6.07) is 5.96. The second kappa shape index (κ2) is 3.73. The fourth-order valence-electron chi connectivity index (χ4n) is 1.42. The van der Waals surface area contributed by atoms with E-state index in [0.717, 1.165) is 4.47 Å². The predicted molar refractivity (Wildman–Crippen MR) is 57.4 cm³/mol. The molecule has 1 aliphatic carbocycles. The van der Waals surface area contributed by atoms with Crippen LogP contribution in [0, 0.1) is 0 Å². The van der Waals surface area contributed by atoms with Crippen LogP contribution in [0.4, 0.5) is 0 Å². The van der Waals surface area contributed by atoms with Gasteiger partial charge in [-0.25, -0.2) is 0 Å². The van der Waals surface area contributed by atoms with Gasteiger partial charge >= 0.3 is 5.97 Å². The number of hydrogen-bond donors (Lipinski definition) is 0. The van der Waals surface area contributed by atoms with E-state index < -0.39 is 0 Å². The molecule has 1 aliphatic rings. The first-order chi connectivity index (χ1) is 6.66. The van der Waals surface area contributed by atoms with Gasteiger partial charge in [0.05, 0.1) is 4.47 Å². The summed E-state index contributed by atoms with van der Waals surface area (Å²) in [5, 5.41) is 0. The number of ether oxygens (including phenoxy) is 1. The Bertz CT molecular complexity index is 370. The van der Waals surface area contributed by atoms with E-state index in [2.05, 4.69) is 22.0 Å². The van der Waals surface area contributed by atoms with Crippen molar-refractivity contribution in [2.75, 3.05) is 0 Å². The summed E-state index contributed by atoms with van der Waals surface area (Å²) >= 11 is 3.35. The van der Waals surface area contributed by atoms with Crippen molar-refractivity contribution in [2.45, 2.75) is 25.7 Å². The van der Waals surface area contributed by atoms with Crippen LogP contribution in [0.5, 0.6) is 5.75 Å². The van der Waals surface area contributed by atoms with Crippen LogP contribution in [0.25, 0.3) is 0 Å². The largest absolute Gasteiger partial charge is 0.426 e. The molecule has 2 nitrogen and oxygen atoms in total. The summed E-state index contributed by atoms with van der Waals surface area (Å²) in [7, 11) is 0. The molecule has 0 atom stereocenters. The Balaban J connectivity index is 2.26. The van der Waals surface area contributed by atoms with Gasteiger partial charge in [0.25, 0.3) is 0 Å². The Hall–Kier alpha value is -0.830. The van der Waals surface area contributed by atoms with Crippen molar-refractivity contribution in [3.63, 3.8) is 0 Å². The quantitative estimate of drug-likeness (QED) is 0.599. The van der Waals surface area contributed by atoms with Gasteiger partial charge in [-0.15, -0.1) is 0 Å². The lowest BCUT2D eigenvalue weighted by atomic mass is 10.1. The topological polar surface area (TPSA) is 26.3 Å². The summed E-state index contributed by atoms with van der Waals surface area (Å²) in [6.07, 6.45) is 2.50. The third-order valence-electron chi connectivity index (χ3n) is 2.26. The Morgan fingerprint density at radius 3 is 2.79 bits per heavy atom. The number of rotatable bonds is 2. The SMILES string of the molecule is CC(=O)Oc1cc(C2CC2)ccc1Br. The fraction of sp³-hybridized carbons (Fsp3) is 0.364. The first-order valence-corrected chi connectivity index (χ1v) is 5.44. The molecule has 0 amide bonds. The van der Waals surface area contributed by atoms with Crippen LogP contribution >= 0.6 is 15.9 Å². The molecule has 0 unspecified atom stereocenters. The highest BCUT2D eigenvalue weighted by Gasteiger charge is 2.24. The highest BCUT2D eigenvalue weighted by molar-refractivity contribution is 9.10. The van der Waals surface area contributed by atoms with Crippen molar-refractivity contribution in [3.05, 3.63) is 28.2 Å². The molecule has 3 heteroatoms. The summed E-state index contributed by atoms with van der Waals surface area (Å²) in [4.78, 5) is 10.8. The van der Waals surface area contributed by atoms with Crippen LogP contribution in [0.3, 0.4) is 0 Å². The maximum atomic E-state index is 10.8. The minimum atomic E-state index is -0.279. The van der Waals surface area contributed by atoms with Crippen molar-refractivity contribution in [1.82, 2.24) is 0 Å². The van der Waals surface area contributed by atoms with Gasteiger partial charge < -0.3 is 4.74 Å². The highest BCUT2D eigenvalue weighted by atomic mass is 79.9. The molecule has 1 fully saturated rings. The standard InChI is InChI=1S/C11H11BrO2/c1-7(13)14-11-6-9(8-2-3-8)4-5-10(11)12/h4-6,8H,2-3H2,1H3. The molecule has 0 radical (unpaired) electrons. The number of esters is 1. The minimum absolute atomic E-state index is 0.279. The molecule has 0 aliphatic heterocycles. The van der Waals surface area contributed by atoms with Gasteiger partial charge in [0.15, 0.2) is 0 Å². The van der Waals surface area contributed by atoms with Crippen LogP contribution in [-0.4, -0.2) is 5.97 Å². The van der Waals surface area contributed by atoms with Gasteiger partial charge in [0.1, 0.15) is 5.75 Å². The van der Waals surface area contributed by atoms with Crippen molar-refractivity contribution in [1.29, 1.82) is 0 Å². The van der Waals surface area contributed by atoms with Gasteiger partial charge in [-0.1, -0.05) is 6.07 Å². The lowest BCUT2D eigenvalue weighted by molar-refractivity contribution is -0.131. The van der Waals surface area contributed by atoms with Crippen molar-refractivity contribution >= 4 is 21.9 Å². The molecule has 14 heavy (non-hydrogen) atoms. The van der Waals surface area contributed by atoms with Crippen LogP contribution < -0.4 is 4.74 Å². The maximum Gasteiger partial charge on any atom is 0.308 e. The Kier molecular flexibility index (Phi) is 2.59. The first-order valence-electron chi connectivity index (χ1n) is 4.64. The molecule has 0 heterocycles. The minimum Gasteiger partial charge on any atom is -0.426 e. The molecule has 1 saturated carbocycles. The average Bonchev–Trinajstić information content (AvgIpc) is 2.91.